The molecule has 1 N–H and O–H groups in total. The molecule has 3 nitrogen and oxygen atoms in total. The third-order valence-electron chi connectivity index (χ3n) is 5.44. The summed E-state index contributed by atoms with van der Waals surface area (Å²) in [6.45, 7) is 3.38. The molecule has 1 aliphatic heterocycles. The molecule has 4 rings (SSSR count). The molecule has 0 unspecified atom stereocenters. The molecule has 1 heterocycles. The summed E-state index contributed by atoms with van der Waals surface area (Å²) < 4.78 is 6.86. The first kappa shape index (κ1) is 22.3. The van der Waals surface area contributed by atoms with Gasteiger partial charge in [0, 0.05) is 30.3 Å². The van der Waals surface area contributed by atoms with Crippen molar-refractivity contribution >= 4 is 50.5 Å². The highest BCUT2D eigenvalue weighted by Crippen LogP contribution is 2.31. The number of nitrogens with one attached hydrogen (secondary N) is 1. The number of hydrogen-bond acceptors (Lipinski definition) is 3. The third-order valence-corrected chi connectivity index (χ3v) is 6.62. The molecule has 0 saturated carbocycles. The maximum absolute atomic E-state index is 6.57. The van der Waals surface area contributed by atoms with Gasteiger partial charge in [-0.15, -0.1) is 0 Å². The highest BCUT2D eigenvalue weighted by Gasteiger charge is 2.14. The Morgan fingerprint density at radius 1 is 0.871 bits per heavy atom. The molecule has 162 valence electrons. The van der Waals surface area contributed by atoms with Gasteiger partial charge in [0.05, 0.1) is 15.2 Å². The summed E-state index contributed by atoms with van der Waals surface area (Å²) >= 11 is 16.1. The summed E-state index contributed by atoms with van der Waals surface area (Å²) in [6, 6.07) is 20.1. The summed E-state index contributed by atoms with van der Waals surface area (Å²) in [5, 5.41) is 5.00. The van der Waals surface area contributed by atoms with Gasteiger partial charge in [-0.25, -0.2) is 0 Å². The number of ether oxygens (including phenoxy) is 1. The Hall–Kier alpha value is -1.88. The molecular formula is C25H25BrCl2N2O. The minimum Gasteiger partial charge on any atom is -0.488 e. The van der Waals surface area contributed by atoms with Gasteiger partial charge < -0.3 is 15.0 Å². The van der Waals surface area contributed by atoms with Crippen LogP contribution in [0.1, 0.15) is 30.4 Å². The van der Waals surface area contributed by atoms with Crippen molar-refractivity contribution < 1.29 is 4.74 Å². The Morgan fingerprint density at radius 2 is 1.61 bits per heavy atom. The highest BCUT2D eigenvalue weighted by molar-refractivity contribution is 9.10. The van der Waals surface area contributed by atoms with E-state index >= 15 is 0 Å². The molecule has 31 heavy (non-hydrogen) atoms. The van der Waals surface area contributed by atoms with Crippen LogP contribution >= 0.6 is 39.1 Å². The Kier molecular flexibility index (Phi) is 7.65. The van der Waals surface area contributed by atoms with E-state index in [4.69, 9.17) is 27.9 Å². The number of nitrogens with zero attached hydrogens (tertiary/aromatic N) is 1. The molecule has 1 saturated heterocycles. The fourth-order valence-corrected chi connectivity index (χ4v) is 4.69. The maximum Gasteiger partial charge on any atom is 0.134 e. The van der Waals surface area contributed by atoms with Gasteiger partial charge in [-0.3, -0.25) is 0 Å². The van der Waals surface area contributed by atoms with E-state index in [-0.39, 0.29) is 0 Å². The predicted octanol–water partition coefficient (Wildman–Crippen LogP) is 7.94. The second-order valence-corrected chi connectivity index (χ2v) is 9.45. The van der Waals surface area contributed by atoms with Crippen LogP contribution in [0, 0.1) is 0 Å². The topological polar surface area (TPSA) is 24.5 Å². The van der Waals surface area contributed by atoms with Crippen molar-refractivity contribution in [3.05, 3.63) is 86.3 Å². The van der Waals surface area contributed by atoms with Crippen LogP contribution in [-0.4, -0.2) is 13.1 Å². The molecule has 3 aromatic carbocycles. The van der Waals surface area contributed by atoms with Gasteiger partial charge in [0.15, 0.2) is 0 Å². The van der Waals surface area contributed by atoms with Crippen LogP contribution in [0.2, 0.25) is 10.0 Å². The Labute approximate surface area is 202 Å². The van der Waals surface area contributed by atoms with Crippen molar-refractivity contribution in [1.82, 2.24) is 0 Å². The number of rotatable bonds is 7. The van der Waals surface area contributed by atoms with Gasteiger partial charge in [-0.1, -0.05) is 41.4 Å². The molecule has 0 aromatic heterocycles. The van der Waals surface area contributed by atoms with E-state index in [1.807, 2.05) is 36.4 Å². The smallest absolute Gasteiger partial charge is 0.134 e. The monoisotopic (exact) mass is 518 g/mol. The number of benzene rings is 3. The quantitative estimate of drug-likeness (QED) is 0.343. The van der Waals surface area contributed by atoms with Crippen LogP contribution in [0.25, 0.3) is 0 Å². The van der Waals surface area contributed by atoms with Crippen LogP contribution in [0.4, 0.5) is 11.4 Å². The molecule has 1 fully saturated rings. The molecule has 0 atom stereocenters. The van der Waals surface area contributed by atoms with Crippen molar-refractivity contribution in [2.45, 2.75) is 32.4 Å². The molecule has 0 bridgehead atoms. The number of piperidine rings is 1. The minimum absolute atomic E-state index is 0.495. The van der Waals surface area contributed by atoms with Crippen LogP contribution in [0.15, 0.2) is 65.1 Å². The molecule has 0 radical (unpaired) electrons. The Morgan fingerprint density at radius 3 is 2.32 bits per heavy atom. The van der Waals surface area contributed by atoms with E-state index < -0.39 is 0 Å². The summed E-state index contributed by atoms with van der Waals surface area (Å²) in [4.78, 5) is 2.38. The van der Waals surface area contributed by atoms with Crippen LogP contribution in [0.3, 0.4) is 0 Å². The van der Waals surface area contributed by atoms with E-state index in [1.165, 1.54) is 19.3 Å². The van der Waals surface area contributed by atoms with Gasteiger partial charge in [-0.2, -0.15) is 0 Å². The number of hydrogen-bond donors (Lipinski definition) is 1. The number of halogens is 3. The van der Waals surface area contributed by atoms with Crippen molar-refractivity contribution in [3.63, 3.8) is 0 Å². The number of anilines is 2. The zero-order chi connectivity index (χ0) is 21.6. The standard InChI is InChI=1S/C25H25BrCl2N2O/c26-22-14-19(6-11-25(22)31-17-18-4-7-20(27)8-5-18)16-29-21-9-10-24(23(28)15-21)30-12-2-1-3-13-30/h4-11,14-15,29H,1-3,12-13,16-17H2. The van der Waals surface area contributed by atoms with Crippen LogP contribution < -0.4 is 15.0 Å². The lowest BCUT2D eigenvalue weighted by molar-refractivity contribution is 0.304. The second-order valence-electron chi connectivity index (χ2n) is 7.75. The fraction of sp³-hybridized carbons (Fsp3) is 0.280. The normalized spacial score (nSPS) is 13.8. The van der Waals surface area contributed by atoms with Gasteiger partial charge >= 0.3 is 0 Å². The molecule has 6 heteroatoms. The fourth-order valence-electron chi connectivity index (χ4n) is 3.73. The van der Waals surface area contributed by atoms with Gasteiger partial charge in [0.1, 0.15) is 12.4 Å². The third kappa shape index (κ3) is 6.09. The molecule has 3 aromatic rings. The SMILES string of the molecule is Clc1ccc(COc2ccc(CNc3ccc(N4CCCCC4)c(Cl)c3)cc2Br)cc1. The summed E-state index contributed by atoms with van der Waals surface area (Å²) in [6.07, 6.45) is 3.80. The Bertz CT molecular complexity index is 1020. The first-order chi connectivity index (χ1) is 15.1. The van der Waals surface area contributed by atoms with E-state index in [0.717, 1.165) is 55.9 Å². The molecule has 0 spiro atoms. The Balaban J connectivity index is 1.33. The largest absolute Gasteiger partial charge is 0.488 e. The van der Waals surface area contributed by atoms with E-state index in [9.17, 15) is 0 Å². The zero-order valence-corrected chi connectivity index (χ0v) is 20.3. The lowest BCUT2D eigenvalue weighted by Gasteiger charge is -2.29. The van der Waals surface area contributed by atoms with Gasteiger partial charge in [-0.05, 0) is 88.8 Å². The molecule has 0 aliphatic carbocycles. The van der Waals surface area contributed by atoms with Crippen molar-refractivity contribution in [3.8, 4) is 5.75 Å². The lowest BCUT2D eigenvalue weighted by atomic mass is 10.1. The van der Waals surface area contributed by atoms with Crippen LogP contribution in [0.5, 0.6) is 5.75 Å². The van der Waals surface area contributed by atoms with Crippen molar-refractivity contribution in [2.24, 2.45) is 0 Å². The molecule has 1 aliphatic rings. The average molecular weight is 520 g/mol. The van der Waals surface area contributed by atoms with Gasteiger partial charge in [0.25, 0.3) is 0 Å². The molecule has 0 amide bonds. The lowest BCUT2D eigenvalue weighted by Crippen LogP contribution is -2.29. The predicted molar refractivity (Wildman–Crippen MR) is 135 cm³/mol. The maximum atomic E-state index is 6.57. The second kappa shape index (κ2) is 10.6. The van der Waals surface area contributed by atoms with Crippen molar-refractivity contribution in [1.29, 1.82) is 0 Å². The first-order valence-corrected chi connectivity index (χ1v) is 12.1. The average Bonchev–Trinajstić information content (AvgIpc) is 2.79. The zero-order valence-electron chi connectivity index (χ0n) is 17.2. The minimum atomic E-state index is 0.495. The summed E-state index contributed by atoms with van der Waals surface area (Å²) in [5.74, 6) is 0.813. The first-order valence-electron chi connectivity index (χ1n) is 10.5. The summed E-state index contributed by atoms with van der Waals surface area (Å²) in [7, 11) is 0. The molecular weight excluding hydrogens is 495 g/mol. The van der Waals surface area contributed by atoms with Crippen LogP contribution in [-0.2, 0) is 13.2 Å². The summed E-state index contributed by atoms with van der Waals surface area (Å²) in [5.41, 5.74) is 4.38. The van der Waals surface area contributed by atoms with E-state index in [1.54, 1.807) is 0 Å². The van der Waals surface area contributed by atoms with E-state index in [2.05, 4.69) is 50.4 Å². The van der Waals surface area contributed by atoms with Gasteiger partial charge in [0.2, 0.25) is 0 Å². The van der Waals surface area contributed by atoms with Crippen molar-refractivity contribution in [2.75, 3.05) is 23.3 Å². The van der Waals surface area contributed by atoms with E-state index in [0.29, 0.717) is 13.2 Å². The highest BCUT2D eigenvalue weighted by atomic mass is 79.9.